The van der Waals surface area contributed by atoms with Gasteiger partial charge in [-0.2, -0.15) is 13.1 Å². The van der Waals surface area contributed by atoms with Crippen LogP contribution in [0.25, 0.3) is 0 Å². The summed E-state index contributed by atoms with van der Waals surface area (Å²) in [7, 11) is -3.73. The van der Waals surface area contributed by atoms with Gasteiger partial charge in [0.05, 0.1) is 23.0 Å². The van der Waals surface area contributed by atoms with Crippen LogP contribution in [0.1, 0.15) is 54.4 Å². The highest BCUT2D eigenvalue weighted by atomic mass is 32.2. The quantitative estimate of drug-likeness (QED) is 0.272. The lowest BCUT2D eigenvalue weighted by atomic mass is 9.95. The molecule has 1 aromatic heterocycles. The number of piperidine rings is 3. The summed E-state index contributed by atoms with van der Waals surface area (Å²) in [6.45, 7) is 3.20. The maximum Gasteiger partial charge on any atom is 0.387 e. The number of halogens is 3. The number of ether oxygens (including phenoxy) is 1. The maximum atomic E-state index is 15.4. The van der Waals surface area contributed by atoms with Gasteiger partial charge >= 0.3 is 6.61 Å². The Labute approximate surface area is 334 Å². The average molecular weight is 826 g/mol. The van der Waals surface area contributed by atoms with Crippen LogP contribution in [0.15, 0.2) is 53.7 Å². The predicted octanol–water partition coefficient (Wildman–Crippen LogP) is 3.28. The van der Waals surface area contributed by atoms with Crippen molar-refractivity contribution in [2.24, 2.45) is 5.92 Å². The number of carbonyl (C=O) groups excluding carboxylic acids is 3. The third-order valence-corrected chi connectivity index (χ3v) is 13.8. The molecule has 0 aliphatic carbocycles. The van der Waals surface area contributed by atoms with Gasteiger partial charge < -0.3 is 24.8 Å². The zero-order valence-electron chi connectivity index (χ0n) is 31.9. The van der Waals surface area contributed by atoms with Crippen molar-refractivity contribution in [3.63, 3.8) is 0 Å². The molecule has 2 N–H and O–H groups in total. The molecule has 0 spiro atoms. The summed E-state index contributed by atoms with van der Waals surface area (Å²) < 4.78 is 73.4. The zero-order chi connectivity index (χ0) is 40.6. The SMILES string of the molecule is O=C1CCC(N2Cc3cc(N4CCN(CC5CCN(c6cccc(S(=O)(=O)N7CCC(Nc8ncc(OC(F)F)cn8)CC7)c6)CC5)CC4)c(F)cc3C2=O)C(=O)N1. The van der Waals surface area contributed by atoms with Crippen molar-refractivity contribution in [2.75, 3.05) is 74.0 Å². The monoisotopic (exact) mass is 825 g/mol. The lowest BCUT2D eigenvalue weighted by molar-refractivity contribution is -0.136. The molecule has 8 rings (SSSR count). The number of anilines is 3. The second-order valence-corrected chi connectivity index (χ2v) is 17.5. The van der Waals surface area contributed by atoms with Crippen LogP contribution in [0.4, 0.5) is 30.5 Å². The van der Waals surface area contributed by atoms with E-state index in [9.17, 15) is 31.6 Å². The van der Waals surface area contributed by atoms with Gasteiger partial charge in [0.1, 0.15) is 11.9 Å². The first-order chi connectivity index (χ1) is 27.9. The average Bonchev–Trinajstić information content (AvgIpc) is 3.53. The van der Waals surface area contributed by atoms with Crippen molar-refractivity contribution in [1.82, 2.24) is 29.4 Å². The number of rotatable bonds is 11. The third-order valence-electron chi connectivity index (χ3n) is 11.9. The standard InChI is InChI=1S/C39H46F3N9O6S/c40-32-20-31-26(24-51(37(31)54)33-4-5-35(52)46-36(33)53)18-34(32)49-16-14-47(15-17-49)23-25-6-10-48(11-7-25)28-2-1-3-30(19-28)58(55,56)50-12-8-27(9-13-50)45-39-43-21-29(22-44-39)57-38(41)42/h1-3,18-22,25,27,33,38H,4-17,23-24H2,(H,43,44,45)(H,46,52,53). The van der Waals surface area contributed by atoms with Gasteiger partial charge in [-0.25, -0.2) is 22.8 Å². The molecule has 0 bridgehead atoms. The Bertz CT molecular complexity index is 2120. The fourth-order valence-corrected chi connectivity index (χ4v) is 10.2. The van der Waals surface area contributed by atoms with Crippen LogP contribution in [-0.2, 0) is 26.2 Å². The van der Waals surface area contributed by atoms with Gasteiger partial charge in [-0.1, -0.05) is 6.07 Å². The van der Waals surface area contributed by atoms with Crippen LogP contribution in [0, 0.1) is 11.7 Å². The van der Waals surface area contributed by atoms with Crippen LogP contribution in [0.2, 0.25) is 0 Å². The summed E-state index contributed by atoms with van der Waals surface area (Å²) >= 11 is 0. The number of nitrogens with one attached hydrogen (secondary N) is 2. The molecule has 3 amide bonds. The second-order valence-electron chi connectivity index (χ2n) is 15.5. The molecule has 4 saturated heterocycles. The van der Waals surface area contributed by atoms with Gasteiger partial charge in [0.15, 0.2) is 5.75 Å². The van der Waals surface area contributed by atoms with Crippen molar-refractivity contribution in [3.8, 4) is 5.75 Å². The predicted molar refractivity (Wildman–Crippen MR) is 207 cm³/mol. The molecule has 1 atom stereocenters. The fourth-order valence-electron chi connectivity index (χ4n) is 8.70. The number of fused-ring (bicyclic) bond motifs is 1. The highest BCUT2D eigenvalue weighted by Crippen LogP contribution is 2.34. The van der Waals surface area contributed by atoms with E-state index in [1.165, 1.54) is 15.3 Å². The molecule has 5 aliphatic rings. The highest BCUT2D eigenvalue weighted by molar-refractivity contribution is 7.89. The van der Waals surface area contributed by atoms with Gasteiger partial charge in [0.2, 0.25) is 27.8 Å². The smallest absolute Gasteiger partial charge is 0.387 e. The summed E-state index contributed by atoms with van der Waals surface area (Å²) in [5.41, 5.74) is 2.28. The maximum absolute atomic E-state index is 15.4. The van der Waals surface area contributed by atoms with Crippen molar-refractivity contribution in [3.05, 3.63) is 65.7 Å². The number of nitrogens with zero attached hydrogens (tertiary/aromatic N) is 7. The molecule has 6 heterocycles. The van der Waals surface area contributed by atoms with E-state index in [-0.39, 0.29) is 53.5 Å². The van der Waals surface area contributed by atoms with Crippen molar-refractivity contribution < 1.29 is 40.7 Å². The minimum Gasteiger partial charge on any atom is -0.432 e. The first-order valence-electron chi connectivity index (χ1n) is 19.7. The summed E-state index contributed by atoms with van der Waals surface area (Å²) in [4.78, 5) is 53.5. The number of imide groups is 1. The van der Waals surface area contributed by atoms with Crippen LogP contribution >= 0.6 is 0 Å². The van der Waals surface area contributed by atoms with Crippen molar-refractivity contribution in [1.29, 1.82) is 0 Å². The summed E-state index contributed by atoms with van der Waals surface area (Å²) in [6, 6.07) is 9.33. The van der Waals surface area contributed by atoms with Crippen molar-refractivity contribution >= 4 is 45.1 Å². The van der Waals surface area contributed by atoms with E-state index >= 15 is 4.39 Å². The summed E-state index contributed by atoms with van der Waals surface area (Å²) in [6.07, 6.45) is 5.71. The van der Waals surface area contributed by atoms with Crippen LogP contribution in [0.3, 0.4) is 0 Å². The van der Waals surface area contributed by atoms with E-state index < -0.39 is 40.3 Å². The molecule has 15 nitrogen and oxygen atoms in total. The molecular formula is C39H46F3N9O6S. The minimum absolute atomic E-state index is 0.0766. The molecule has 1 unspecified atom stereocenters. The molecule has 5 aliphatic heterocycles. The van der Waals surface area contributed by atoms with Gasteiger partial charge in [0.25, 0.3) is 5.91 Å². The summed E-state index contributed by atoms with van der Waals surface area (Å²) in [5, 5.41) is 5.44. The number of benzene rings is 2. The first-order valence-corrected chi connectivity index (χ1v) is 21.2. The molecule has 58 heavy (non-hydrogen) atoms. The molecule has 3 aromatic rings. The molecule has 2 aromatic carbocycles. The summed E-state index contributed by atoms with van der Waals surface area (Å²) in [5.74, 6) is -1.11. The Kier molecular flexibility index (Phi) is 11.5. The number of piperazine rings is 1. The Hall–Kier alpha value is -5.01. The number of alkyl halides is 2. The lowest BCUT2D eigenvalue weighted by Gasteiger charge is -2.40. The third kappa shape index (κ3) is 8.56. The second kappa shape index (κ2) is 16.7. The van der Waals surface area contributed by atoms with E-state index in [2.05, 4.69) is 35.1 Å². The molecule has 0 saturated carbocycles. The minimum atomic E-state index is -3.73. The van der Waals surface area contributed by atoms with Crippen LogP contribution in [0.5, 0.6) is 5.75 Å². The van der Waals surface area contributed by atoms with E-state index in [1.807, 2.05) is 11.0 Å². The van der Waals surface area contributed by atoms with Gasteiger partial charge in [-0.05, 0) is 73.9 Å². The Balaban J connectivity index is 0.792. The van der Waals surface area contributed by atoms with E-state index in [1.54, 1.807) is 24.3 Å². The number of aromatic nitrogens is 2. The lowest BCUT2D eigenvalue weighted by Crippen LogP contribution is -2.52. The number of hydrogen-bond acceptors (Lipinski definition) is 12. The highest BCUT2D eigenvalue weighted by Gasteiger charge is 2.40. The molecule has 0 radical (unpaired) electrons. The molecule has 310 valence electrons. The largest absolute Gasteiger partial charge is 0.432 e. The topological polar surface area (TPSA) is 161 Å². The van der Waals surface area contributed by atoms with E-state index in [0.717, 1.165) is 63.6 Å². The Morgan fingerprint density at radius 3 is 2.29 bits per heavy atom. The normalized spacial score (nSPS) is 21.8. The van der Waals surface area contributed by atoms with Crippen LogP contribution < -0.4 is 25.2 Å². The number of hydrogen-bond donors (Lipinski definition) is 2. The van der Waals surface area contributed by atoms with Crippen LogP contribution in [-0.4, -0.2) is 128 Å². The van der Waals surface area contributed by atoms with E-state index in [4.69, 9.17) is 0 Å². The fraction of sp³-hybridized carbons (Fsp3) is 0.513. The van der Waals surface area contributed by atoms with Gasteiger partial charge in [-0.3, -0.25) is 24.6 Å². The Morgan fingerprint density at radius 2 is 1.60 bits per heavy atom. The number of amides is 3. The number of carbonyl (C=O) groups is 3. The van der Waals surface area contributed by atoms with Gasteiger partial charge in [0, 0.05) is 89.2 Å². The van der Waals surface area contributed by atoms with Gasteiger partial charge in [-0.15, -0.1) is 0 Å². The van der Waals surface area contributed by atoms with Crippen molar-refractivity contribution in [2.45, 2.75) is 68.7 Å². The molecule has 4 fully saturated rings. The first kappa shape index (κ1) is 39.8. The molecular weight excluding hydrogens is 780 g/mol. The number of sulfonamides is 1. The Morgan fingerprint density at radius 1 is 0.879 bits per heavy atom. The van der Waals surface area contributed by atoms with E-state index in [0.29, 0.717) is 56.2 Å². The zero-order valence-corrected chi connectivity index (χ0v) is 32.7. The molecule has 19 heteroatoms.